The lowest BCUT2D eigenvalue weighted by atomic mass is 10.0. The summed E-state index contributed by atoms with van der Waals surface area (Å²) >= 11 is 0. The van der Waals surface area contributed by atoms with Gasteiger partial charge in [0, 0.05) is 6.42 Å². The highest BCUT2D eigenvalue weighted by atomic mass is 16.5. The van der Waals surface area contributed by atoms with E-state index in [1.54, 1.807) is 0 Å². The number of rotatable bonds is 5. The van der Waals surface area contributed by atoms with Gasteiger partial charge in [0.1, 0.15) is 5.75 Å². The summed E-state index contributed by atoms with van der Waals surface area (Å²) in [5.41, 5.74) is 2.02. The Morgan fingerprint density at radius 1 is 1.00 bits per heavy atom. The Morgan fingerprint density at radius 2 is 1.74 bits per heavy atom. The number of ether oxygens (including phenoxy) is 1. The molecule has 0 fully saturated rings. The minimum absolute atomic E-state index is 0.140. The van der Waals surface area contributed by atoms with Crippen LogP contribution in [0.15, 0.2) is 54.6 Å². The van der Waals surface area contributed by atoms with Crippen LogP contribution in [0.3, 0.4) is 0 Å². The summed E-state index contributed by atoms with van der Waals surface area (Å²) < 4.78 is 5.64. The van der Waals surface area contributed by atoms with Gasteiger partial charge in [0.15, 0.2) is 0 Å². The van der Waals surface area contributed by atoms with Crippen LogP contribution in [-0.2, 0) is 6.42 Å². The Balaban J connectivity index is 2.08. The maximum atomic E-state index is 10.3. The molecule has 2 heteroatoms. The molecule has 2 aromatic carbocycles. The number of benzene rings is 2. The Bertz CT molecular complexity index is 506. The Kier molecular flexibility index (Phi) is 4.58. The molecule has 19 heavy (non-hydrogen) atoms. The lowest BCUT2D eigenvalue weighted by Gasteiger charge is -2.14. The van der Waals surface area contributed by atoms with Gasteiger partial charge < -0.3 is 9.84 Å². The van der Waals surface area contributed by atoms with Crippen molar-refractivity contribution in [3.05, 3.63) is 65.7 Å². The fourth-order valence-electron chi connectivity index (χ4n) is 2.02. The summed E-state index contributed by atoms with van der Waals surface area (Å²) in [7, 11) is 0. The van der Waals surface area contributed by atoms with E-state index in [0.29, 0.717) is 6.42 Å². The maximum Gasteiger partial charge on any atom is 0.120 e. The average Bonchev–Trinajstić information content (AvgIpc) is 2.39. The first-order chi connectivity index (χ1) is 9.15. The molecular weight excluding hydrogens is 236 g/mol. The maximum absolute atomic E-state index is 10.3. The summed E-state index contributed by atoms with van der Waals surface area (Å²) in [6, 6.07) is 17.7. The molecule has 0 aromatic heterocycles. The molecule has 1 N–H and O–H groups in total. The first-order valence-corrected chi connectivity index (χ1v) is 6.64. The van der Waals surface area contributed by atoms with Crippen LogP contribution in [0.2, 0.25) is 0 Å². The van der Waals surface area contributed by atoms with Gasteiger partial charge in [-0.05, 0) is 37.1 Å². The zero-order valence-electron chi connectivity index (χ0n) is 11.4. The van der Waals surface area contributed by atoms with Crippen molar-refractivity contribution < 1.29 is 9.84 Å². The van der Waals surface area contributed by atoms with Gasteiger partial charge in [-0.2, -0.15) is 0 Å². The molecule has 1 unspecified atom stereocenters. The molecule has 1 atom stereocenters. The second-order valence-corrected chi connectivity index (χ2v) is 4.94. The monoisotopic (exact) mass is 256 g/mol. The van der Waals surface area contributed by atoms with Gasteiger partial charge in [0.2, 0.25) is 0 Å². The topological polar surface area (TPSA) is 29.5 Å². The van der Waals surface area contributed by atoms with Crippen LogP contribution in [0.1, 0.15) is 31.1 Å². The predicted molar refractivity (Wildman–Crippen MR) is 77.3 cm³/mol. The third-order valence-electron chi connectivity index (χ3n) is 2.89. The molecule has 0 spiro atoms. The van der Waals surface area contributed by atoms with Crippen LogP contribution in [-0.4, -0.2) is 11.2 Å². The highest BCUT2D eigenvalue weighted by Crippen LogP contribution is 2.23. The van der Waals surface area contributed by atoms with Crippen molar-refractivity contribution in [2.24, 2.45) is 0 Å². The van der Waals surface area contributed by atoms with E-state index in [2.05, 4.69) is 0 Å². The van der Waals surface area contributed by atoms with Crippen LogP contribution in [0, 0.1) is 0 Å². The largest absolute Gasteiger partial charge is 0.491 e. The quantitative estimate of drug-likeness (QED) is 0.882. The molecule has 0 bridgehead atoms. The second-order valence-electron chi connectivity index (χ2n) is 4.94. The van der Waals surface area contributed by atoms with Crippen LogP contribution >= 0.6 is 0 Å². The van der Waals surface area contributed by atoms with Crippen molar-refractivity contribution in [1.29, 1.82) is 0 Å². The van der Waals surface area contributed by atoms with E-state index in [1.807, 2.05) is 68.4 Å². The van der Waals surface area contributed by atoms with E-state index in [9.17, 15) is 5.11 Å². The van der Waals surface area contributed by atoms with Gasteiger partial charge in [0.05, 0.1) is 12.2 Å². The third kappa shape index (κ3) is 4.11. The van der Waals surface area contributed by atoms with E-state index in [1.165, 1.54) is 0 Å². The number of hydrogen-bond donors (Lipinski definition) is 1. The fraction of sp³-hybridized carbons (Fsp3) is 0.294. The number of hydrogen-bond acceptors (Lipinski definition) is 2. The van der Waals surface area contributed by atoms with E-state index in [4.69, 9.17) is 4.74 Å². The van der Waals surface area contributed by atoms with E-state index >= 15 is 0 Å². The summed E-state index contributed by atoms with van der Waals surface area (Å²) in [6.45, 7) is 3.99. The molecule has 0 saturated carbocycles. The molecule has 0 amide bonds. The van der Waals surface area contributed by atoms with Crippen molar-refractivity contribution >= 4 is 0 Å². The van der Waals surface area contributed by atoms with Gasteiger partial charge in [-0.3, -0.25) is 0 Å². The fourth-order valence-corrected chi connectivity index (χ4v) is 2.02. The van der Waals surface area contributed by atoms with Crippen molar-refractivity contribution in [2.45, 2.75) is 32.5 Å². The molecule has 2 aromatic rings. The molecule has 0 radical (unpaired) electrons. The lowest BCUT2D eigenvalue weighted by molar-refractivity contribution is 0.177. The highest BCUT2D eigenvalue weighted by Gasteiger charge is 2.09. The Labute approximate surface area is 114 Å². The van der Waals surface area contributed by atoms with Crippen molar-refractivity contribution in [2.75, 3.05) is 0 Å². The number of aliphatic hydroxyl groups is 1. The summed E-state index contributed by atoms with van der Waals surface area (Å²) in [5.74, 6) is 0.805. The molecule has 0 aliphatic rings. The first-order valence-electron chi connectivity index (χ1n) is 6.64. The van der Waals surface area contributed by atoms with Crippen molar-refractivity contribution in [1.82, 2.24) is 0 Å². The zero-order chi connectivity index (χ0) is 13.7. The van der Waals surface area contributed by atoms with Gasteiger partial charge in [-0.1, -0.05) is 42.5 Å². The van der Waals surface area contributed by atoms with Crippen molar-refractivity contribution in [3.8, 4) is 5.75 Å². The predicted octanol–water partition coefficient (Wildman–Crippen LogP) is 3.75. The molecule has 100 valence electrons. The van der Waals surface area contributed by atoms with Gasteiger partial charge in [-0.15, -0.1) is 0 Å². The van der Waals surface area contributed by atoms with Gasteiger partial charge in [-0.25, -0.2) is 0 Å². The first kappa shape index (κ1) is 13.6. The summed E-state index contributed by atoms with van der Waals surface area (Å²) in [4.78, 5) is 0. The van der Waals surface area contributed by atoms with Gasteiger partial charge in [0.25, 0.3) is 0 Å². The molecule has 0 saturated heterocycles. The SMILES string of the molecule is CC(C)Oc1cccc(C(O)Cc2ccccc2)c1. The van der Waals surface area contributed by atoms with Crippen LogP contribution < -0.4 is 4.74 Å². The van der Waals surface area contributed by atoms with Gasteiger partial charge >= 0.3 is 0 Å². The molecule has 0 heterocycles. The van der Waals surface area contributed by atoms with Crippen LogP contribution in [0.4, 0.5) is 0 Å². The molecule has 2 nitrogen and oxygen atoms in total. The molecular formula is C17H20O2. The van der Waals surface area contributed by atoms with E-state index in [0.717, 1.165) is 16.9 Å². The smallest absolute Gasteiger partial charge is 0.120 e. The minimum Gasteiger partial charge on any atom is -0.491 e. The molecule has 0 aliphatic heterocycles. The normalized spacial score (nSPS) is 12.4. The van der Waals surface area contributed by atoms with E-state index < -0.39 is 6.10 Å². The average molecular weight is 256 g/mol. The lowest BCUT2D eigenvalue weighted by Crippen LogP contribution is -2.07. The molecule has 0 aliphatic carbocycles. The molecule has 2 rings (SSSR count). The third-order valence-corrected chi connectivity index (χ3v) is 2.89. The summed E-state index contributed by atoms with van der Waals surface area (Å²) in [5, 5.41) is 10.3. The Morgan fingerprint density at radius 3 is 2.42 bits per heavy atom. The standard InChI is InChI=1S/C17H20O2/c1-13(2)19-16-10-6-9-15(12-16)17(18)11-14-7-4-3-5-8-14/h3-10,12-13,17-18H,11H2,1-2H3. The van der Waals surface area contributed by atoms with Crippen LogP contribution in [0.25, 0.3) is 0 Å². The summed E-state index contributed by atoms with van der Waals surface area (Å²) in [6.07, 6.45) is 0.256. The highest BCUT2D eigenvalue weighted by molar-refractivity contribution is 5.31. The van der Waals surface area contributed by atoms with E-state index in [-0.39, 0.29) is 6.10 Å². The second kappa shape index (κ2) is 6.39. The Hall–Kier alpha value is -1.80. The minimum atomic E-state index is -0.502. The van der Waals surface area contributed by atoms with Crippen LogP contribution in [0.5, 0.6) is 5.75 Å². The number of aliphatic hydroxyl groups excluding tert-OH is 1. The van der Waals surface area contributed by atoms with Crippen molar-refractivity contribution in [3.63, 3.8) is 0 Å². The zero-order valence-corrected chi connectivity index (χ0v) is 11.4.